The molecule has 2 atom stereocenters. The van der Waals surface area contributed by atoms with Crippen LogP contribution in [0.3, 0.4) is 0 Å². The molecule has 0 aliphatic carbocycles. The monoisotopic (exact) mass is 294 g/mol. The largest absolute Gasteiger partial charge is 0.371 e. The third-order valence-electron chi connectivity index (χ3n) is 3.35. The lowest BCUT2D eigenvalue weighted by Crippen LogP contribution is -2.36. The van der Waals surface area contributed by atoms with Crippen LogP contribution >= 0.6 is 11.6 Å². The van der Waals surface area contributed by atoms with Crippen LogP contribution in [0.15, 0.2) is 24.7 Å². The van der Waals surface area contributed by atoms with Crippen molar-refractivity contribution in [3.63, 3.8) is 0 Å². The van der Waals surface area contributed by atoms with Gasteiger partial charge in [-0.25, -0.2) is 0 Å². The predicted octanol–water partition coefficient (Wildman–Crippen LogP) is 1.66. The zero-order valence-electron chi connectivity index (χ0n) is 11.0. The van der Waals surface area contributed by atoms with Crippen molar-refractivity contribution in [2.45, 2.75) is 18.6 Å². The van der Waals surface area contributed by atoms with Gasteiger partial charge in [0.1, 0.15) is 11.8 Å². The van der Waals surface area contributed by atoms with E-state index in [1.54, 1.807) is 23.1 Å². The molecule has 0 unspecified atom stereocenters. The fourth-order valence-electron chi connectivity index (χ4n) is 2.40. The lowest BCUT2D eigenvalue weighted by Gasteiger charge is -2.18. The summed E-state index contributed by atoms with van der Waals surface area (Å²) in [4.78, 5) is 15.0. The molecule has 1 aliphatic heterocycles. The summed E-state index contributed by atoms with van der Waals surface area (Å²) >= 11 is 5.80. The Labute approximate surface area is 121 Å². The average molecular weight is 295 g/mol. The number of ether oxygens (including phenoxy) is 1. The minimum absolute atomic E-state index is 0.0613. The molecule has 1 saturated heterocycles. The Morgan fingerprint density at radius 1 is 1.65 bits per heavy atom. The standard InChI is InChI=1S/C13H15ClN4O2/c1-18-7-8(5-16-18)12-10(2-3-20-12)17-13(19)11-4-9(14)6-15-11/h4-7,10,12,15H,2-3H2,1H3,(H,17,19)/t10-,12+/m0/s1. The number of amides is 1. The van der Waals surface area contributed by atoms with Crippen molar-refractivity contribution in [1.29, 1.82) is 0 Å². The van der Waals surface area contributed by atoms with Crippen LogP contribution in [0.2, 0.25) is 5.02 Å². The molecule has 0 saturated carbocycles. The van der Waals surface area contributed by atoms with Gasteiger partial charge >= 0.3 is 0 Å². The van der Waals surface area contributed by atoms with E-state index in [4.69, 9.17) is 16.3 Å². The molecular weight excluding hydrogens is 280 g/mol. The van der Waals surface area contributed by atoms with E-state index < -0.39 is 0 Å². The third kappa shape index (κ3) is 2.57. The molecule has 2 aromatic heterocycles. The summed E-state index contributed by atoms with van der Waals surface area (Å²) in [6.07, 6.45) is 5.87. The summed E-state index contributed by atoms with van der Waals surface area (Å²) in [6.45, 7) is 0.621. The van der Waals surface area contributed by atoms with E-state index in [2.05, 4.69) is 15.4 Å². The lowest BCUT2D eigenvalue weighted by molar-refractivity contribution is 0.0818. The van der Waals surface area contributed by atoms with Gasteiger partial charge in [-0.15, -0.1) is 0 Å². The molecule has 1 fully saturated rings. The third-order valence-corrected chi connectivity index (χ3v) is 3.57. The zero-order chi connectivity index (χ0) is 14.1. The molecule has 0 spiro atoms. The normalized spacial score (nSPS) is 22.1. The van der Waals surface area contributed by atoms with E-state index in [-0.39, 0.29) is 18.1 Å². The number of aromatic nitrogens is 3. The van der Waals surface area contributed by atoms with Gasteiger partial charge in [-0.3, -0.25) is 9.48 Å². The lowest BCUT2D eigenvalue weighted by atomic mass is 10.1. The van der Waals surface area contributed by atoms with Crippen molar-refractivity contribution in [3.05, 3.63) is 40.9 Å². The molecule has 7 heteroatoms. The highest BCUT2D eigenvalue weighted by atomic mass is 35.5. The van der Waals surface area contributed by atoms with Crippen molar-refractivity contribution in [3.8, 4) is 0 Å². The number of aromatic amines is 1. The molecule has 20 heavy (non-hydrogen) atoms. The van der Waals surface area contributed by atoms with E-state index in [0.717, 1.165) is 12.0 Å². The van der Waals surface area contributed by atoms with Gasteiger partial charge in [-0.1, -0.05) is 11.6 Å². The molecule has 3 rings (SSSR count). The second kappa shape index (κ2) is 5.30. The number of rotatable bonds is 3. The van der Waals surface area contributed by atoms with Crippen LogP contribution in [-0.2, 0) is 11.8 Å². The summed E-state index contributed by atoms with van der Waals surface area (Å²) in [5.41, 5.74) is 1.42. The second-order valence-electron chi connectivity index (χ2n) is 4.84. The van der Waals surface area contributed by atoms with Crippen LogP contribution in [0.1, 0.15) is 28.6 Å². The summed E-state index contributed by atoms with van der Waals surface area (Å²) < 4.78 is 7.43. The predicted molar refractivity (Wildman–Crippen MR) is 73.6 cm³/mol. The van der Waals surface area contributed by atoms with Gasteiger partial charge < -0.3 is 15.0 Å². The van der Waals surface area contributed by atoms with Crippen LogP contribution < -0.4 is 5.32 Å². The van der Waals surface area contributed by atoms with Crippen LogP contribution in [0, 0.1) is 0 Å². The minimum Gasteiger partial charge on any atom is -0.371 e. The quantitative estimate of drug-likeness (QED) is 0.904. The van der Waals surface area contributed by atoms with E-state index in [0.29, 0.717) is 17.3 Å². The molecule has 0 aromatic carbocycles. The van der Waals surface area contributed by atoms with Crippen LogP contribution in [0.4, 0.5) is 0 Å². The van der Waals surface area contributed by atoms with E-state index in [1.807, 2.05) is 13.2 Å². The molecule has 2 aromatic rings. The molecule has 1 amide bonds. The smallest absolute Gasteiger partial charge is 0.268 e. The number of hydrogen-bond acceptors (Lipinski definition) is 3. The fraction of sp³-hybridized carbons (Fsp3) is 0.385. The van der Waals surface area contributed by atoms with Crippen molar-refractivity contribution in [2.24, 2.45) is 7.05 Å². The topological polar surface area (TPSA) is 71.9 Å². The number of halogens is 1. The van der Waals surface area contributed by atoms with Crippen molar-refractivity contribution in [2.75, 3.05) is 6.61 Å². The molecule has 2 N–H and O–H groups in total. The first-order valence-corrected chi connectivity index (χ1v) is 6.76. The first-order valence-electron chi connectivity index (χ1n) is 6.38. The number of nitrogens with one attached hydrogen (secondary N) is 2. The maximum absolute atomic E-state index is 12.1. The number of hydrogen-bond donors (Lipinski definition) is 2. The molecular formula is C13H15ClN4O2. The van der Waals surface area contributed by atoms with Crippen LogP contribution in [0.5, 0.6) is 0 Å². The van der Waals surface area contributed by atoms with Gasteiger partial charge in [0.15, 0.2) is 0 Å². The van der Waals surface area contributed by atoms with E-state index in [9.17, 15) is 4.79 Å². The number of nitrogens with zero attached hydrogens (tertiary/aromatic N) is 2. The van der Waals surface area contributed by atoms with E-state index in [1.165, 1.54) is 0 Å². The van der Waals surface area contributed by atoms with Crippen LogP contribution in [0.25, 0.3) is 0 Å². The summed E-state index contributed by atoms with van der Waals surface area (Å²) in [7, 11) is 1.85. The number of carbonyl (C=O) groups is 1. The Morgan fingerprint density at radius 3 is 3.15 bits per heavy atom. The number of carbonyl (C=O) groups excluding carboxylic acids is 1. The minimum atomic E-state index is -0.179. The average Bonchev–Trinajstić information content (AvgIpc) is 3.10. The van der Waals surface area contributed by atoms with Gasteiger partial charge in [0.25, 0.3) is 5.91 Å². The van der Waals surface area contributed by atoms with Gasteiger partial charge in [0, 0.05) is 31.6 Å². The summed E-state index contributed by atoms with van der Waals surface area (Å²) in [6, 6.07) is 1.54. The van der Waals surface area contributed by atoms with Crippen molar-refractivity contribution < 1.29 is 9.53 Å². The molecule has 6 nitrogen and oxygen atoms in total. The molecule has 0 bridgehead atoms. The highest BCUT2D eigenvalue weighted by Crippen LogP contribution is 2.29. The Morgan fingerprint density at radius 2 is 2.50 bits per heavy atom. The van der Waals surface area contributed by atoms with Gasteiger partial charge in [0.05, 0.1) is 17.3 Å². The highest BCUT2D eigenvalue weighted by molar-refractivity contribution is 6.30. The SMILES string of the molecule is Cn1cc([C@H]2OCC[C@@H]2NC(=O)c2cc(Cl)c[nH]2)cn1. The highest BCUT2D eigenvalue weighted by Gasteiger charge is 2.32. The Bertz CT molecular complexity index is 621. The molecule has 106 valence electrons. The van der Waals surface area contributed by atoms with Crippen LogP contribution in [-0.4, -0.2) is 33.3 Å². The zero-order valence-corrected chi connectivity index (χ0v) is 11.7. The molecule has 1 aliphatic rings. The Balaban J connectivity index is 1.71. The fourth-order valence-corrected chi connectivity index (χ4v) is 2.56. The summed E-state index contributed by atoms with van der Waals surface area (Å²) in [5, 5.41) is 7.63. The second-order valence-corrected chi connectivity index (χ2v) is 5.28. The van der Waals surface area contributed by atoms with E-state index >= 15 is 0 Å². The van der Waals surface area contributed by atoms with Gasteiger partial charge in [-0.2, -0.15) is 5.10 Å². The number of aryl methyl sites for hydroxylation is 1. The first kappa shape index (κ1) is 13.2. The molecule has 3 heterocycles. The summed E-state index contributed by atoms with van der Waals surface area (Å²) in [5.74, 6) is -0.179. The van der Waals surface area contributed by atoms with Gasteiger partial charge in [0.2, 0.25) is 0 Å². The maximum Gasteiger partial charge on any atom is 0.268 e. The Hall–Kier alpha value is -1.79. The van der Waals surface area contributed by atoms with Gasteiger partial charge in [-0.05, 0) is 12.5 Å². The van der Waals surface area contributed by atoms with Crippen molar-refractivity contribution >= 4 is 17.5 Å². The number of H-pyrrole nitrogens is 1. The molecule has 0 radical (unpaired) electrons. The Kier molecular flexibility index (Phi) is 3.50. The first-order chi connectivity index (χ1) is 9.63. The maximum atomic E-state index is 12.1. The van der Waals surface area contributed by atoms with Crippen molar-refractivity contribution in [1.82, 2.24) is 20.1 Å².